The van der Waals surface area contributed by atoms with Gasteiger partial charge in [-0.15, -0.1) is 0 Å². The van der Waals surface area contributed by atoms with Gasteiger partial charge in [0.05, 0.1) is 10.4 Å². The Balaban J connectivity index is 2.89. The summed E-state index contributed by atoms with van der Waals surface area (Å²) in [7, 11) is 1.39. The fourth-order valence-electron chi connectivity index (χ4n) is 1.35. The van der Waals surface area contributed by atoms with Crippen LogP contribution in [0.5, 0.6) is 0 Å². The standard InChI is InChI=1S/C8H6ClNO4S/c1-4-2-5-6(14-8(11)10-5)3-7(4)15(9,12)13/h2-3H,1H3,(H,10,11). The molecule has 2 aromatic rings. The molecule has 0 spiro atoms. The summed E-state index contributed by atoms with van der Waals surface area (Å²) in [4.78, 5) is 13.2. The summed E-state index contributed by atoms with van der Waals surface area (Å²) < 4.78 is 27.0. The van der Waals surface area contributed by atoms with Gasteiger partial charge in [-0.25, -0.2) is 13.2 Å². The molecule has 0 atom stereocenters. The minimum absolute atomic E-state index is 0.0561. The summed E-state index contributed by atoms with van der Waals surface area (Å²) >= 11 is 0. The monoisotopic (exact) mass is 247 g/mol. The van der Waals surface area contributed by atoms with Crippen LogP contribution in [0.25, 0.3) is 11.1 Å². The fourth-order valence-corrected chi connectivity index (χ4v) is 2.54. The van der Waals surface area contributed by atoms with Crippen molar-refractivity contribution in [2.24, 2.45) is 0 Å². The lowest BCUT2D eigenvalue weighted by Crippen LogP contribution is -1.94. The Kier molecular flexibility index (Phi) is 2.13. The SMILES string of the molecule is Cc1cc2[nH]c(=O)oc2cc1S(=O)(=O)Cl. The van der Waals surface area contributed by atoms with Gasteiger partial charge in [-0.2, -0.15) is 0 Å². The average molecular weight is 248 g/mol. The molecular weight excluding hydrogens is 242 g/mol. The number of rotatable bonds is 1. The molecule has 7 heteroatoms. The van der Waals surface area contributed by atoms with E-state index < -0.39 is 14.8 Å². The van der Waals surface area contributed by atoms with Crippen LogP contribution < -0.4 is 5.76 Å². The van der Waals surface area contributed by atoms with Crippen LogP contribution in [0.4, 0.5) is 0 Å². The molecule has 2 rings (SSSR count). The van der Waals surface area contributed by atoms with Crippen molar-refractivity contribution in [3.05, 3.63) is 28.2 Å². The lowest BCUT2D eigenvalue weighted by atomic mass is 10.2. The van der Waals surface area contributed by atoms with Crippen LogP contribution in [0.15, 0.2) is 26.2 Å². The molecule has 0 bridgehead atoms. The van der Waals surface area contributed by atoms with Crippen molar-refractivity contribution in [3.63, 3.8) is 0 Å². The lowest BCUT2D eigenvalue weighted by molar-refractivity contribution is 0.554. The van der Waals surface area contributed by atoms with Crippen molar-refractivity contribution in [2.45, 2.75) is 11.8 Å². The number of benzene rings is 1. The normalized spacial score (nSPS) is 12.1. The van der Waals surface area contributed by atoms with E-state index in [1.807, 2.05) is 0 Å². The van der Waals surface area contributed by atoms with Crippen LogP contribution in [0.1, 0.15) is 5.56 Å². The molecule has 5 nitrogen and oxygen atoms in total. The van der Waals surface area contributed by atoms with Gasteiger partial charge in [0.1, 0.15) is 0 Å². The predicted molar refractivity (Wildman–Crippen MR) is 54.6 cm³/mol. The molecule has 1 heterocycles. The minimum atomic E-state index is -3.82. The van der Waals surface area contributed by atoms with Crippen LogP contribution in [0, 0.1) is 6.92 Å². The topological polar surface area (TPSA) is 80.1 Å². The largest absolute Gasteiger partial charge is 0.417 e. The Morgan fingerprint density at radius 2 is 2.07 bits per heavy atom. The van der Waals surface area contributed by atoms with Gasteiger partial charge in [-0.1, -0.05) is 0 Å². The summed E-state index contributed by atoms with van der Waals surface area (Å²) in [5.41, 5.74) is 1.07. The van der Waals surface area contributed by atoms with Crippen molar-refractivity contribution in [1.82, 2.24) is 4.98 Å². The molecule has 1 N–H and O–H groups in total. The lowest BCUT2D eigenvalue weighted by Gasteiger charge is -2.00. The number of hydrogen-bond acceptors (Lipinski definition) is 4. The summed E-state index contributed by atoms with van der Waals surface area (Å²) in [6.45, 7) is 1.58. The quantitative estimate of drug-likeness (QED) is 0.772. The zero-order valence-electron chi connectivity index (χ0n) is 7.57. The molecule has 0 saturated carbocycles. The van der Waals surface area contributed by atoms with Crippen molar-refractivity contribution in [1.29, 1.82) is 0 Å². The van der Waals surface area contributed by atoms with Gasteiger partial charge in [-0.3, -0.25) is 4.98 Å². The van der Waals surface area contributed by atoms with Gasteiger partial charge in [0.15, 0.2) is 5.58 Å². The zero-order chi connectivity index (χ0) is 11.2. The maximum atomic E-state index is 11.1. The van der Waals surface area contributed by atoms with Gasteiger partial charge in [0, 0.05) is 16.7 Å². The molecule has 0 aliphatic rings. The summed E-state index contributed by atoms with van der Waals surface area (Å²) in [6.07, 6.45) is 0. The average Bonchev–Trinajstić information content (AvgIpc) is 2.40. The molecule has 15 heavy (non-hydrogen) atoms. The van der Waals surface area contributed by atoms with E-state index in [0.717, 1.165) is 0 Å². The number of aromatic nitrogens is 1. The molecular formula is C8H6ClNO4S. The first-order valence-corrected chi connectivity index (χ1v) is 6.27. The maximum absolute atomic E-state index is 11.1. The van der Waals surface area contributed by atoms with Crippen LogP contribution >= 0.6 is 10.7 Å². The second kappa shape index (κ2) is 3.11. The van der Waals surface area contributed by atoms with E-state index in [4.69, 9.17) is 15.1 Å². The molecule has 0 fully saturated rings. The van der Waals surface area contributed by atoms with E-state index in [9.17, 15) is 13.2 Å². The van der Waals surface area contributed by atoms with Crippen molar-refractivity contribution in [3.8, 4) is 0 Å². The number of oxazole rings is 1. The Morgan fingerprint density at radius 1 is 1.40 bits per heavy atom. The molecule has 0 radical (unpaired) electrons. The first-order valence-electron chi connectivity index (χ1n) is 3.96. The maximum Gasteiger partial charge on any atom is 0.417 e. The fraction of sp³-hybridized carbons (Fsp3) is 0.125. The number of hydrogen-bond donors (Lipinski definition) is 1. The number of nitrogens with one attached hydrogen (secondary N) is 1. The number of aryl methyl sites for hydroxylation is 1. The first-order chi connectivity index (χ1) is 6.88. The number of aromatic amines is 1. The van der Waals surface area contributed by atoms with E-state index in [0.29, 0.717) is 11.1 Å². The third kappa shape index (κ3) is 1.78. The van der Waals surface area contributed by atoms with E-state index in [2.05, 4.69) is 4.98 Å². The van der Waals surface area contributed by atoms with Gasteiger partial charge < -0.3 is 4.42 Å². The number of fused-ring (bicyclic) bond motifs is 1. The Labute approximate surface area is 89.1 Å². The zero-order valence-corrected chi connectivity index (χ0v) is 9.15. The van der Waals surface area contributed by atoms with Crippen molar-refractivity contribution < 1.29 is 12.8 Å². The molecule has 0 unspecified atom stereocenters. The molecule has 0 saturated heterocycles. The molecule has 1 aromatic heterocycles. The van der Waals surface area contributed by atoms with Gasteiger partial charge >= 0.3 is 5.76 Å². The second-order valence-corrected chi connectivity index (χ2v) is 5.60. The molecule has 0 aliphatic carbocycles. The van der Waals surface area contributed by atoms with Crippen LogP contribution in [-0.2, 0) is 9.05 Å². The first kappa shape index (κ1) is 10.3. The van der Waals surface area contributed by atoms with E-state index in [-0.39, 0.29) is 10.5 Å². The molecule has 80 valence electrons. The third-order valence-electron chi connectivity index (χ3n) is 1.98. The highest BCUT2D eigenvalue weighted by Crippen LogP contribution is 2.23. The smallest absolute Gasteiger partial charge is 0.408 e. The Morgan fingerprint density at radius 3 is 2.67 bits per heavy atom. The minimum Gasteiger partial charge on any atom is -0.408 e. The van der Waals surface area contributed by atoms with Gasteiger partial charge in [-0.05, 0) is 18.6 Å². The van der Waals surface area contributed by atoms with E-state index >= 15 is 0 Å². The molecule has 1 aromatic carbocycles. The highest BCUT2D eigenvalue weighted by Gasteiger charge is 2.16. The highest BCUT2D eigenvalue weighted by molar-refractivity contribution is 8.13. The van der Waals surface area contributed by atoms with Crippen LogP contribution in [0.3, 0.4) is 0 Å². The Hall–Kier alpha value is -1.27. The van der Waals surface area contributed by atoms with E-state index in [1.54, 1.807) is 6.92 Å². The van der Waals surface area contributed by atoms with Crippen molar-refractivity contribution in [2.75, 3.05) is 0 Å². The summed E-state index contributed by atoms with van der Waals surface area (Å²) in [5.74, 6) is -0.631. The Bertz CT molecular complexity index is 682. The van der Waals surface area contributed by atoms with Gasteiger partial charge in [0.2, 0.25) is 0 Å². The van der Waals surface area contributed by atoms with Crippen molar-refractivity contribution >= 4 is 30.8 Å². The highest BCUT2D eigenvalue weighted by atomic mass is 35.7. The van der Waals surface area contributed by atoms with Gasteiger partial charge in [0.25, 0.3) is 9.05 Å². The number of H-pyrrole nitrogens is 1. The van der Waals surface area contributed by atoms with E-state index in [1.165, 1.54) is 12.1 Å². The summed E-state index contributed by atoms with van der Waals surface area (Å²) in [5, 5.41) is 0. The molecule has 0 aliphatic heterocycles. The predicted octanol–water partition coefficient (Wildman–Crippen LogP) is 1.36. The summed E-state index contributed by atoms with van der Waals surface area (Å²) in [6, 6.07) is 2.72. The van der Waals surface area contributed by atoms with Crippen LogP contribution in [-0.4, -0.2) is 13.4 Å². The van der Waals surface area contributed by atoms with Crippen LogP contribution in [0.2, 0.25) is 0 Å². The molecule has 0 amide bonds. The second-order valence-electron chi connectivity index (χ2n) is 3.07. The number of halogens is 1. The third-order valence-corrected chi connectivity index (χ3v) is 3.44.